The third kappa shape index (κ3) is 4.55. The van der Waals surface area contributed by atoms with Gasteiger partial charge in [-0.3, -0.25) is 9.88 Å². The zero-order valence-electron chi connectivity index (χ0n) is 15.1. The highest BCUT2D eigenvalue weighted by molar-refractivity contribution is 5.50. The van der Waals surface area contributed by atoms with E-state index in [4.69, 9.17) is 14.0 Å². The van der Waals surface area contributed by atoms with Gasteiger partial charge in [0.15, 0.2) is 0 Å². The average Bonchev–Trinajstić information content (AvgIpc) is 3.24. The van der Waals surface area contributed by atoms with Crippen LogP contribution in [0.5, 0.6) is 5.75 Å². The molecule has 0 aliphatic carbocycles. The van der Waals surface area contributed by atoms with Crippen molar-refractivity contribution in [3.8, 4) is 17.3 Å². The summed E-state index contributed by atoms with van der Waals surface area (Å²) in [7, 11) is 1.65. The van der Waals surface area contributed by atoms with Crippen LogP contribution in [0.15, 0.2) is 22.9 Å². The first kappa shape index (κ1) is 17.8. The predicted octanol–water partition coefficient (Wildman–Crippen LogP) is 2.95. The molecule has 0 amide bonds. The van der Waals surface area contributed by atoms with Crippen molar-refractivity contribution in [1.82, 2.24) is 20.0 Å². The SMILES string of the molecule is COCCOc1ccnc(-c2noc([C@@H]3CCCN3CC(C)C)n2)c1. The van der Waals surface area contributed by atoms with E-state index in [-0.39, 0.29) is 6.04 Å². The van der Waals surface area contributed by atoms with E-state index >= 15 is 0 Å². The van der Waals surface area contributed by atoms with Gasteiger partial charge in [-0.1, -0.05) is 19.0 Å². The Bertz CT molecular complexity index is 674. The quantitative estimate of drug-likeness (QED) is 0.680. The summed E-state index contributed by atoms with van der Waals surface area (Å²) in [4.78, 5) is 11.4. The van der Waals surface area contributed by atoms with E-state index in [1.54, 1.807) is 13.3 Å². The molecule has 1 saturated heterocycles. The number of aromatic nitrogens is 3. The summed E-state index contributed by atoms with van der Waals surface area (Å²) in [6, 6.07) is 3.84. The molecule has 1 aliphatic rings. The van der Waals surface area contributed by atoms with Crippen molar-refractivity contribution in [2.45, 2.75) is 32.7 Å². The summed E-state index contributed by atoms with van der Waals surface area (Å²) in [6.45, 7) is 7.62. The Morgan fingerprint density at radius 3 is 3.04 bits per heavy atom. The van der Waals surface area contributed by atoms with Gasteiger partial charge in [0.05, 0.1) is 12.6 Å². The standard InChI is InChI=1S/C18H26N4O3/c1-13(2)12-22-8-4-5-16(22)18-20-17(21-25-18)15-11-14(6-7-19-15)24-10-9-23-3/h6-7,11,13,16H,4-5,8-10,12H2,1-3H3/t16-/m0/s1. The minimum atomic E-state index is 0.213. The van der Waals surface area contributed by atoms with E-state index in [2.05, 4.69) is 33.9 Å². The Hall–Kier alpha value is -1.99. The molecule has 1 aliphatic heterocycles. The van der Waals surface area contributed by atoms with Gasteiger partial charge in [-0.15, -0.1) is 0 Å². The fourth-order valence-corrected chi connectivity index (χ4v) is 3.13. The Morgan fingerprint density at radius 2 is 2.24 bits per heavy atom. The van der Waals surface area contributed by atoms with E-state index in [9.17, 15) is 0 Å². The molecular formula is C18H26N4O3. The maximum Gasteiger partial charge on any atom is 0.244 e. The molecule has 0 bridgehead atoms. The van der Waals surface area contributed by atoms with Crippen LogP contribution in [0.25, 0.3) is 11.5 Å². The third-order valence-corrected chi connectivity index (χ3v) is 4.21. The fourth-order valence-electron chi connectivity index (χ4n) is 3.13. The van der Waals surface area contributed by atoms with Gasteiger partial charge in [0.2, 0.25) is 11.7 Å². The van der Waals surface area contributed by atoms with Crippen LogP contribution in [0, 0.1) is 5.92 Å². The number of pyridine rings is 1. The Kier molecular flexibility index (Phi) is 5.99. The molecule has 0 unspecified atom stereocenters. The summed E-state index contributed by atoms with van der Waals surface area (Å²) in [5.41, 5.74) is 0.651. The number of nitrogens with zero attached hydrogens (tertiary/aromatic N) is 4. The van der Waals surface area contributed by atoms with Crippen LogP contribution in [0.3, 0.4) is 0 Å². The van der Waals surface area contributed by atoms with Crippen molar-refractivity contribution in [3.63, 3.8) is 0 Å². The van der Waals surface area contributed by atoms with E-state index in [0.717, 1.165) is 31.7 Å². The minimum Gasteiger partial charge on any atom is -0.491 e. The number of ether oxygens (including phenoxy) is 2. The zero-order valence-corrected chi connectivity index (χ0v) is 15.1. The van der Waals surface area contributed by atoms with Crippen molar-refractivity contribution in [3.05, 3.63) is 24.2 Å². The number of hydrogen-bond acceptors (Lipinski definition) is 7. The molecule has 1 atom stereocenters. The second kappa shape index (κ2) is 8.40. The Balaban J connectivity index is 1.72. The highest BCUT2D eigenvalue weighted by atomic mass is 16.5. The summed E-state index contributed by atoms with van der Waals surface area (Å²) in [6.07, 6.45) is 3.91. The van der Waals surface area contributed by atoms with E-state index in [1.807, 2.05) is 12.1 Å². The van der Waals surface area contributed by atoms with E-state index < -0.39 is 0 Å². The van der Waals surface area contributed by atoms with Crippen LogP contribution in [0.2, 0.25) is 0 Å². The molecule has 0 saturated carbocycles. The largest absolute Gasteiger partial charge is 0.491 e. The van der Waals surface area contributed by atoms with Gasteiger partial charge in [-0.2, -0.15) is 4.98 Å². The van der Waals surface area contributed by atoms with Crippen LogP contribution < -0.4 is 4.74 Å². The summed E-state index contributed by atoms with van der Waals surface area (Å²) < 4.78 is 16.2. The van der Waals surface area contributed by atoms with Gasteiger partial charge < -0.3 is 14.0 Å². The maximum absolute atomic E-state index is 5.62. The van der Waals surface area contributed by atoms with Crippen LogP contribution in [-0.2, 0) is 4.74 Å². The second-order valence-corrected chi connectivity index (χ2v) is 6.72. The maximum atomic E-state index is 5.62. The lowest BCUT2D eigenvalue weighted by Gasteiger charge is -2.23. The van der Waals surface area contributed by atoms with E-state index in [1.165, 1.54) is 0 Å². The molecule has 2 aromatic heterocycles. The first-order chi connectivity index (χ1) is 12.2. The first-order valence-corrected chi connectivity index (χ1v) is 8.83. The van der Waals surface area contributed by atoms with Crippen LogP contribution in [0.4, 0.5) is 0 Å². The normalized spacial score (nSPS) is 18.2. The number of rotatable bonds is 8. The van der Waals surface area contributed by atoms with Crippen molar-refractivity contribution in [1.29, 1.82) is 0 Å². The molecule has 3 heterocycles. The number of methoxy groups -OCH3 is 1. The van der Waals surface area contributed by atoms with Crippen LogP contribution in [-0.4, -0.2) is 53.4 Å². The molecule has 2 aromatic rings. The zero-order chi connectivity index (χ0) is 17.6. The Labute approximate surface area is 148 Å². The lowest BCUT2D eigenvalue weighted by molar-refractivity contribution is 0.146. The molecule has 0 aromatic carbocycles. The van der Waals surface area contributed by atoms with Gasteiger partial charge in [-0.05, 0) is 31.4 Å². The fraction of sp³-hybridized carbons (Fsp3) is 0.611. The molecule has 0 radical (unpaired) electrons. The molecule has 7 nitrogen and oxygen atoms in total. The summed E-state index contributed by atoms with van der Waals surface area (Å²) in [5, 5.41) is 4.13. The summed E-state index contributed by atoms with van der Waals surface area (Å²) in [5.74, 6) is 2.52. The van der Waals surface area contributed by atoms with Crippen molar-refractivity contribution >= 4 is 0 Å². The highest BCUT2D eigenvalue weighted by Gasteiger charge is 2.31. The molecule has 7 heteroatoms. The average molecular weight is 346 g/mol. The van der Waals surface area contributed by atoms with Crippen molar-refractivity contribution < 1.29 is 14.0 Å². The van der Waals surface area contributed by atoms with Crippen molar-refractivity contribution in [2.75, 3.05) is 33.4 Å². The lowest BCUT2D eigenvalue weighted by atomic mass is 10.1. The number of likely N-dealkylation sites (tertiary alicyclic amines) is 1. The molecular weight excluding hydrogens is 320 g/mol. The molecule has 0 spiro atoms. The van der Waals surface area contributed by atoms with Crippen LogP contribution in [0.1, 0.15) is 38.6 Å². The van der Waals surface area contributed by atoms with Gasteiger partial charge in [0.25, 0.3) is 0 Å². The first-order valence-electron chi connectivity index (χ1n) is 8.83. The van der Waals surface area contributed by atoms with E-state index in [0.29, 0.717) is 36.5 Å². The predicted molar refractivity (Wildman–Crippen MR) is 93.3 cm³/mol. The molecule has 3 rings (SSSR count). The molecule has 1 fully saturated rings. The summed E-state index contributed by atoms with van der Waals surface area (Å²) >= 11 is 0. The molecule has 136 valence electrons. The third-order valence-electron chi connectivity index (χ3n) is 4.21. The highest BCUT2D eigenvalue weighted by Crippen LogP contribution is 2.32. The van der Waals surface area contributed by atoms with Crippen LogP contribution >= 0.6 is 0 Å². The number of hydrogen-bond donors (Lipinski definition) is 0. The van der Waals surface area contributed by atoms with Gasteiger partial charge in [0, 0.05) is 25.9 Å². The lowest BCUT2D eigenvalue weighted by Crippen LogP contribution is -2.27. The topological polar surface area (TPSA) is 73.5 Å². The molecule has 0 N–H and O–H groups in total. The Morgan fingerprint density at radius 1 is 1.36 bits per heavy atom. The van der Waals surface area contributed by atoms with Gasteiger partial charge in [-0.25, -0.2) is 0 Å². The van der Waals surface area contributed by atoms with Gasteiger partial charge in [0.1, 0.15) is 18.1 Å². The van der Waals surface area contributed by atoms with Crippen molar-refractivity contribution in [2.24, 2.45) is 5.92 Å². The smallest absolute Gasteiger partial charge is 0.244 e. The second-order valence-electron chi connectivity index (χ2n) is 6.72. The monoisotopic (exact) mass is 346 g/mol. The van der Waals surface area contributed by atoms with Gasteiger partial charge >= 0.3 is 0 Å². The minimum absolute atomic E-state index is 0.213. The molecule has 25 heavy (non-hydrogen) atoms.